The Morgan fingerprint density at radius 2 is 1.71 bits per heavy atom. The fourth-order valence-corrected chi connectivity index (χ4v) is 0. The summed E-state index contributed by atoms with van der Waals surface area (Å²) >= 11 is 0. The molecule has 0 amide bonds. The van der Waals surface area contributed by atoms with Gasteiger partial charge in [0.1, 0.15) is 5.66 Å². The molecule has 7 heavy (non-hydrogen) atoms. The maximum absolute atomic E-state index is 9.74. The van der Waals surface area contributed by atoms with Crippen molar-refractivity contribution in [1.82, 2.24) is 0 Å². The van der Waals surface area contributed by atoms with Crippen molar-refractivity contribution in [2.24, 2.45) is 0 Å². The predicted molar refractivity (Wildman–Crippen MR) is 22.7 cm³/mol. The van der Waals surface area contributed by atoms with Crippen LogP contribution in [0.5, 0.6) is 0 Å². The molecule has 4 heteroatoms. The third-order valence-electron chi connectivity index (χ3n) is 0.422. The number of hydrogen-bond acceptors (Lipinski definition) is 2. The van der Waals surface area contributed by atoms with Gasteiger partial charge >= 0.3 is 37.6 Å². The Balaban J connectivity index is 0. The maximum atomic E-state index is 9.74. The van der Waals surface area contributed by atoms with Gasteiger partial charge in [0.15, 0.2) is 0 Å². The second-order valence-electron chi connectivity index (χ2n) is 1.38. The Morgan fingerprint density at radius 3 is 1.71 bits per heavy atom. The Kier molecular flexibility index (Phi) is 8.13. The van der Waals surface area contributed by atoms with Gasteiger partial charge in [-0.1, -0.05) is 4.57 Å². The van der Waals surface area contributed by atoms with E-state index in [2.05, 4.69) is 0 Å². The summed E-state index contributed by atoms with van der Waals surface area (Å²) in [5, 5.41) is 0. The fourth-order valence-electron chi connectivity index (χ4n) is 0. The van der Waals surface area contributed by atoms with Crippen LogP contribution in [0.4, 0.5) is 0 Å². The van der Waals surface area contributed by atoms with Gasteiger partial charge in [-0.25, -0.2) is 0 Å². The summed E-state index contributed by atoms with van der Waals surface area (Å²) in [5.74, 6) is 0. The molecule has 0 heterocycles. The first kappa shape index (κ1) is 10.9. The van der Waals surface area contributed by atoms with E-state index >= 15 is 0 Å². The van der Waals surface area contributed by atoms with Gasteiger partial charge < -0.3 is 4.89 Å². The summed E-state index contributed by atoms with van der Waals surface area (Å²) in [7, 11) is -2.16. The van der Waals surface area contributed by atoms with Crippen LogP contribution in [0.25, 0.3) is 0 Å². The van der Waals surface area contributed by atoms with Crippen molar-refractivity contribution < 1.29 is 39.0 Å². The molecule has 0 aliphatic heterocycles. The summed E-state index contributed by atoms with van der Waals surface area (Å²) in [6.45, 7) is 3.29. The minimum atomic E-state index is -2.16. The molecule has 0 N–H and O–H groups in total. The first-order valence-electron chi connectivity index (χ1n) is 1.78. The molecule has 0 aliphatic carbocycles. The largest absolute Gasteiger partial charge is 1.00 e. The zero-order chi connectivity index (χ0) is 5.15. The minimum Gasteiger partial charge on any atom is -0.595 e. The standard InChI is InChI=1S/C3H7O2P.Na/c1-3(2)6(4)5;/h3H,1-2H3;/q;+1. The van der Waals surface area contributed by atoms with Gasteiger partial charge in [0.25, 0.3) is 0 Å². The van der Waals surface area contributed by atoms with Crippen LogP contribution < -0.4 is 34.5 Å². The first-order chi connectivity index (χ1) is 2.64. The van der Waals surface area contributed by atoms with Crippen LogP contribution in [0.1, 0.15) is 13.8 Å². The maximum Gasteiger partial charge on any atom is 1.00 e. The second-order valence-corrected chi connectivity index (χ2v) is 2.98. The molecule has 0 aliphatic rings. The van der Waals surface area contributed by atoms with Crippen LogP contribution in [-0.2, 0) is 4.57 Å². The van der Waals surface area contributed by atoms with Crippen molar-refractivity contribution in [3.8, 4) is 0 Å². The summed E-state index contributed by atoms with van der Waals surface area (Å²) in [4.78, 5) is 9.74. The average molecular weight is 129 g/mol. The van der Waals surface area contributed by atoms with E-state index in [0.717, 1.165) is 0 Å². The van der Waals surface area contributed by atoms with Crippen LogP contribution in [0.3, 0.4) is 0 Å². The molecule has 1 atom stereocenters. The molecule has 0 aromatic rings. The average Bonchev–Trinajstić information content (AvgIpc) is 1.36. The molecule has 2 nitrogen and oxygen atoms in total. The van der Waals surface area contributed by atoms with E-state index in [1.165, 1.54) is 0 Å². The smallest absolute Gasteiger partial charge is 0.595 e. The van der Waals surface area contributed by atoms with Gasteiger partial charge in [0.05, 0.1) is 0 Å². The monoisotopic (exact) mass is 129 g/mol. The zero-order valence-corrected chi connectivity index (χ0v) is 7.74. The Labute approximate surface area is 66.5 Å². The quantitative estimate of drug-likeness (QED) is 0.290. The van der Waals surface area contributed by atoms with Gasteiger partial charge in [0.2, 0.25) is 0 Å². The molecular formula is C3H7NaO2P+. The van der Waals surface area contributed by atoms with Crippen molar-refractivity contribution in [2.75, 3.05) is 0 Å². The Morgan fingerprint density at radius 1 is 1.57 bits per heavy atom. The van der Waals surface area contributed by atoms with Gasteiger partial charge in [-0.05, 0) is 13.8 Å². The van der Waals surface area contributed by atoms with Crippen LogP contribution in [-0.4, -0.2) is 5.66 Å². The van der Waals surface area contributed by atoms with Crippen LogP contribution in [0.2, 0.25) is 0 Å². The molecular weight excluding hydrogens is 122 g/mol. The van der Waals surface area contributed by atoms with Crippen molar-refractivity contribution in [3.05, 3.63) is 0 Å². The fraction of sp³-hybridized carbons (Fsp3) is 1.00. The van der Waals surface area contributed by atoms with Crippen molar-refractivity contribution in [3.63, 3.8) is 0 Å². The van der Waals surface area contributed by atoms with Crippen molar-refractivity contribution >= 4 is 8.03 Å². The van der Waals surface area contributed by atoms with Gasteiger partial charge in [-0.15, -0.1) is 0 Å². The van der Waals surface area contributed by atoms with E-state index in [-0.39, 0.29) is 35.2 Å². The van der Waals surface area contributed by atoms with Gasteiger partial charge in [-0.2, -0.15) is 0 Å². The molecule has 0 aromatic carbocycles. The first-order valence-corrected chi connectivity index (χ1v) is 3.02. The summed E-state index contributed by atoms with van der Waals surface area (Å²) in [6, 6.07) is 0. The van der Waals surface area contributed by atoms with E-state index in [9.17, 15) is 9.46 Å². The third kappa shape index (κ3) is 7.06. The van der Waals surface area contributed by atoms with Gasteiger partial charge in [-0.3, -0.25) is 0 Å². The Bertz CT molecular complexity index is 64.0. The molecule has 0 rings (SSSR count). The minimum absolute atomic E-state index is 0. The van der Waals surface area contributed by atoms with E-state index < -0.39 is 8.03 Å². The van der Waals surface area contributed by atoms with Crippen LogP contribution >= 0.6 is 8.03 Å². The molecule has 0 fully saturated rings. The molecule has 0 saturated carbocycles. The molecule has 0 saturated heterocycles. The molecule has 0 radical (unpaired) electrons. The van der Waals surface area contributed by atoms with E-state index in [1.54, 1.807) is 13.8 Å². The van der Waals surface area contributed by atoms with Crippen molar-refractivity contribution in [1.29, 1.82) is 0 Å². The van der Waals surface area contributed by atoms with E-state index in [4.69, 9.17) is 0 Å². The summed E-state index contributed by atoms with van der Waals surface area (Å²) in [5.41, 5.74) is -0.194. The van der Waals surface area contributed by atoms with Crippen LogP contribution in [0.15, 0.2) is 0 Å². The number of rotatable bonds is 1. The molecule has 0 spiro atoms. The number of hydrogen-bond donors (Lipinski definition) is 0. The molecule has 0 bridgehead atoms. The van der Waals surface area contributed by atoms with E-state index in [1.807, 2.05) is 0 Å². The van der Waals surface area contributed by atoms with Gasteiger partial charge in [0, 0.05) is 0 Å². The zero-order valence-electron chi connectivity index (χ0n) is 4.84. The summed E-state index contributed by atoms with van der Waals surface area (Å²) < 4.78 is 9.74. The van der Waals surface area contributed by atoms with Crippen molar-refractivity contribution in [2.45, 2.75) is 19.5 Å². The Hall–Kier alpha value is 1.06. The SMILES string of the molecule is CC(C)[P+](=O)[O-].[Na+]. The molecule has 0 aromatic heterocycles. The normalized spacial score (nSPS) is 10.6. The topological polar surface area (TPSA) is 40.1 Å². The predicted octanol–water partition coefficient (Wildman–Crippen LogP) is -2.50. The molecule has 36 valence electrons. The van der Waals surface area contributed by atoms with E-state index in [0.29, 0.717) is 0 Å². The summed E-state index contributed by atoms with van der Waals surface area (Å²) in [6.07, 6.45) is 0. The molecule has 1 unspecified atom stereocenters. The third-order valence-corrected chi connectivity index (χ3v) is 1.26. The second kappa shape index (κ2) is 5.20. The van der Waals surface area contributed by atoms with Crippen LogP contribution in [0, 0.1) is 0 Å².